The maximum Gasteiger partial charge on any atom is 0.408 e. The van der Waals surface area contributed by atoms with Gasteiger partial charge in [-0.25, -0.2) is 18.6 Å². The van der Waals surface area contributed by atoms with Crippen molar-refractivity contribution in [1.82, 2.24) is 24.8 Å². The van der Waals surface area contributed by atoms with Crippen LogP contribution in [0, 0.1) is 23.5 Å². The standard InChI is InChI=1S/C30H33F2N5O3S10/c1-36-9-6-18(7-10-36)35-25(38)39-11-3-4-17-12-22(32)23(13-21(17)31)40-16-20-15-34-24(37(20)19-5-2-8-33-14-19)50-30(49)28(45,46)26(41,42)27(43,44)29(30,47)48/h2,5,8,12-15,18,41-49H,6-7,9-11,16H2,1H3,(H,35,38). The number of pyridine rings is 1. The van der Waals surface area contributed by atoms with Crippen LogP contribution in [-0.4, -0.2) is 78.7 Å². The molecule has 1 amide bonds. The third-order valence-electron chi connectivity index (χ3n) is 8.29. The minimum atomic E-state index is -1.42. The number of imidazole rings is 1. The van der Waals surface area contributed by atoms with Crippen molar-refractivity contribution in [2.45, 2.75) is 51.0 Å². The van der Waals surface area contributed by atoms with E-state index in [9.17, 15) is 4.79 Å². The van der Waals surface area contributed by atoms with E-state index in [1.165, 1.54) is 6.20 Å². The number of carbonyl (C=O) groups excluding carboxylic acids is 1. The van der Waals surface area contributed by atoms with Gasteiger partial charge in [-0.05, 0) is 51.2 Å². The maximum absolute atomic E-state index is 15.2. The topological polar surface area (TPSA) is 81.5 Å². The molecule has 2 aliphatic rings. The summed E-state index contributed by atoms with van der Waals surface area (Å²) in [6.07, 6.45) is 5.74. The van der Waals surface area contributed by atoms with E-state index in [1.54, 1.807) is 29.1 Å². The Morgan fingerprint density at radius 2 is 1.66 bits per heavy atom. The summed E-state index contributed by atoms with van der Waals surface area (Å²) in [6.45, 7) is 1.24. The van der Waals surface area contributed by atoms with E-state index in [0.717, 1.165) is 49.8 Å². The summed E-state index contributed by atoms with van der Waals surface area (Å²) < 4.78 is 35.7. The maximum atomic E-state index is 15.2. The van der Waals surface area contributed by atoms with Gasteiger partial charge in [-0.15, -0.1) is 0 Å². The van der Waals surface area contributed by atoms with Crippen molar-refractivity contribution in [2.75, 3.05) is 26.7 Å². The number of piperidine rings is 1. The quantitative estimate of drug-likeness (QED) is 0.0746. The molecule has 3 heterocycles. The molecule has 1 aliphatic heterocycles. The fourth-order valence-electron chi connectivity index (χ4n) is 5.26. The van der Waals surface area contributed by atoms with Crippen LogP contribution in [-0.2, 0) is 11.3 Å². The van der Waals surface area contributed by atoms with Gasteiger partial charge in [0.2, 0.25) is 0 Å². The number of thiol groups is 9. The average Bonchev–Trinajstić information content (AvgIpc) is 3.47. The van der Waals surface area contributed by atoms with E-state index in [4.69, 9.17) is 123 Å². The minimum absolute atomic E-state index is 0.0231. The molecular weight excluding hydrogens is 837 g/mol. The molecule has 2 fully saturated rings. The van der Waals surface area contributed by atoms with Gasteiger partial charge < -0.3 is 19.7 Å². The first-order valence-corrected chi connectivity index (χ1v) is 19.6. The molecule has 2 aromatic heterocycles. The summed E-state index contributed by atoms with van der Waals surface area (Å²) in [5.41, 5.74) is 0.815. The third kappa shape index (κ3) is 7.58. The second kappa shape index (κ2) is 15.7. The summed E-state index contributed by atoms with van der Waals surface area (Å²) >= 11 is 44.1. The second-order valence-corrected chi connectivity index (χ2v) is 20.6. The number of alkyl carbamates (subject to hydrolysis) is 1. The SMILES string of the molecule is CN1CCC(NC(=O)OCC#Cc2cc(F)c(OCc3cnc(SC4(S)C(S)(S)C(S)(S)C(S)(S)C4(S)S)n3-c3cccnc3)cc2F)CC1. The van der Waals surface area contributed by atoms with Gasteiger partial charge in [-0.2, -0.15) is 114 Å². The number of nitrogens with one attached hydrogen (secondary N) is 1. The van der Waals surface area contributed by atoms with Gasteiger partial charge in [-0.3, -0.25) is 9.55 Å². The van der Waals surface area contributed by atoms with Gasteiger partial charge in [0.1, 0.15) is 32.8 Å². The fourth-order valence-corrected chi connectivity index (χ4v) is 12.1. The van der Waals surface area contributed by atoms with Crippen LogP contribution < -0.4 is 10.1 Å². The summed E-state index contributed by atoms with van der Waals surface area (Å²) in [5.74, 6) is 3.04. The second-order valence-electron chi connectivity index (χ2n) is 11.7. The Balaban J connectivity index is 1.32. The van der Waals surface area contributed by atoms with E-state index in [2.05, 4.69) is 32.0 Å². The predicted octanol–water partition coefficient (Wildman–Crippen LogP) is 6.25. The highest BCUT2D eigenvalue weighted by molar-refractivity contribution is 8.21. The molecule has 0 spiro atoms. The van der Waals surface area contributed by atoms with Crippen LogP contribution in [0.15, 0.2) is 48.0 Å². The molecule has 1 aliphatic carbocycles. The van der Waals surface area contributed by atoms with Crippen LogP contribution in [0.1, 0.15) is 24.1 Å². The number of rotatable bonds is 8. The van der Waals surface area contributed by atoms with Crippen LogP contribution in [0.3, 0.4) is 0 Å². The first-order chi connectivity index (χ1) is 23.3. The first kappa shape index (κ1) is 40.7. The monoisotopic (exact) mass is 869 g/mol. The Hall–Kier alpha value is -0.470. The Kier molecular flexibility index (Phi) is 12.8. The molecule has 270 valence electrons. The van der Waals surface area contributed by atoms with E-state index < -0.39 is 38.1 Å². The van der Waals surface area contributed by atoms with Crippen molar-refractivity contribution in [2.24, 2.45) is 0 Å². The molecular formula is C30H33F2N5O3S10. The number of hydrogen-bond acceptors (Lipinski definition) is 16. The van der Waals surface area contributed by atoms with Gasteiger partial charge in [0.25, 0.3) is 0 Å². The van der Waals surface area contributed by atoms with Crippen LogP contribution >= 0.6 is 125 Å². The van der Waals surface area contributed by atoms with Crippen molar-refractivity contribution in [3.8, 4) is 23.3 Å². The lowest BCUT2D eigenvalue weighted by Crippen LogP contribution is -2.49. The van der Waals surface area contributed by atoms with Gasteiger partial charge in [0, 0.05) is 18.3 Å². The molecule has 0 radical (unpaired) electrons. The molecule has 1 aromatic carbocycles. The fraction of sp³-hybridized carbons (Fsp3) is 0.433. The number of ether oxygens (including phenoxy) is 2. The highest BCUT2D eigenvalue weighted by Crippen LogP contribution is 2.78. The number of likely N-dealkylation sites (tertiary alicyclic amines) is 1. The molecule has 1 saturated carbocycles. The minimum Gasteiger partial charge on any atom is -0.484 e. The molecule has 5 rings (SSSR count). The van der Waals surface area contributed by atoms with Crippen molar-refractivity contribution >= 4 is 132 Å². The van der Waals surface area contributed by atoms with Crippen molar-refractivity contribution < 1.29 is 23.0 Å². The van der Waals surface area contributed by atoms with Gasteiger partial charge >= 0.3 is 6.09 Å². The number of amides is 1. The Bertz CT molecular complexity index is 1770. The summed E-state index contributed by atoms with van der Waals surface area (Å²) in [7, 11) is 2.02. The van der Waals surface area contributed by atoms with Crippen molar-refractivity contribution in [1.29, 1.82) is 0 Å². The van der Waals surface area contributed by atoms with Crippen LogP contribution in [0.2, 0.25) is 0 Å². The molecule has 3 aromatic rings. The summed E-state index contributed by atoms with van der Waals surface area (Å²) in [4.78, 5) is 23.1. The molecule has 0 atom stereocenters. The summed E-state index contributed by atoms with van der Waals surface area (Å²) in [6, 6.07) is 5.35. The van der Waals surface area contributed by atoms with Crippen molar-refractivity contribution in [3.05, 3.63) is 65.7 Å². The molecule has 0 unspecified atom stereocenters. The Morgan fingerprint density at radius 1 is 1.00 bits per heavy atom. The van der Waals surface area contributed by atoms with Crippen LogP contribution in [0.5, 0.6) is 5.75 Å². The lowest BCUT2D eigenvalue weighted by Gasteiger charge is -2.43. The number of hydrogen-bond donors (Lipinski definition) is 10. The third-order valence-corrected chi connectivity index (χ3v) is 19.4. The number of nitrogens with zero attached hydrogens (tertiary/aromatic N) is 4. The number of benzene rings is 1. The molecule has 50 heavy (non-hydrogen) atoms. The van der Waals surface area contributed by atoms with E-state index in [0.29, 0.717) is 16.5 Å². The Morgan fingerprint density at radius 3 is 2.28 bits per heavy atom. The highest BCUT2D eigenvalue weighted by Gasteiger charge is 2.81. The zero-order valence-electron chi connectivity index (χ0n) is 26.1. The van der Waals surface area contributed by atoms with Crippen molar-refractivity contribution in [3.63, 3.8) is 0 Å². The van der Waals surface area contributed by atoms with E-state index in [1.807, 2.05) is 7.05 Å². The number of aromatic nitrogens is 3. The number of thioether (sulfide) groups is 1. The van der Waals surface area contributed by atoms with Gasteiger partial charge in [-0.1, -0.05) is 23.6 Å². The normalized spacial score (nSPS) is 20.5. The van der Waals surface area contributed by atoms with E-state index >= 15 is 8.78 Å². The molecule has 20 heteroatoms. The largest absolute Gasteiger partial charge is 0.484 e. The molecule has 0 bridgehead atoms. The van der Waals surface area contributed by atoms with Crippen LogP contribution in [0.25, 0.3) is 5.69 Å². The summed E-state index contributed by atoms with van der Waals surface area (Å²) in [5, 5.41) is 3.16. The highest BCUT2D eigenvalue weighted by atomic mass is 32.2. The van der Waals surface area contributed by atoms with E-state index in [-0.39, 0.29) is 30.6 Å². The predicted molar refractivity (Wildman–Crippen MR) is 224 cm³/mol. The smallest absolute Gasteiger partial charge is 0.408 e. The van der Waals surface area contributed by atoms with Gasteiger partial charge in [0.05, 0.1) is 29.3 Å². The number of carbonyl (C=O) groups is 1. The first-order valence-electron chi connectivity index (χ1n) is 14.7. The molecule has 8 nitrogen and oxygen atoms in total. The zero-order chi connectivity index (χ0) is 36.7. The average molecular weight is 870 g/mol. The molecule has 1 saturated heterocycles. The van der Waals surface area contributed by atoms with Gasteiger partial charge in [0.15, 0.2) is 23.3 Å². The number of halogens is 2. The lowest BCUT2D eigenvalue weighted by molar-refractivity contribution is 0.147. The molecule has 1 N–H and O–H groups in total. The Labute approximate surface area is 343 Å². The zero-order valence-corrected chi connectivity index (χ0v) is 34.9. The van der Waals surface area contributed by atoms with Crippen LogP contribution in [0.4, 0.5) is 13.6 Å². The lowest BCUT2D eigenvalue weighted by atomic mass is 10.1.